The molecule has 0 spiro atoms. The molecule has 1 aliphatic heterocycles. The summed E-state index contributed by atoms with van der Waals surface area (Å²) in [6.45, 7) is 2.43. The maximum Gasteiger partial charge on any atom is 0.227 e. The summed E-state index contributed by atoms with van der Waals surface area (Å²) in [5, 5.41) is 4.81. The number of benzene rings is 1. The van der Waals surface area contributed by atoms with Crippen molar-refractivity contribution in [3.63, 3.8) is 0 Å². The Bertz CT molecular complexity index is 1130. The highest BCUT2D eigenvalue weighted by Crippen LogP contribution is 2.25. The molecule has 3 aromatic rings. The van der Waals surface area contributed by atoms with Gasteiger partial charge in [0.15, 0.2) is 0 Å². The molecule has 3 heterocycles. The zero-order chi connectivity index (χ0) is 23.4. The van der Waals surface area contributed by atoms with E-state index >= 15 is 0 Å². The van der Waals surface area contributed by atoms with E-state index in [-0.39, 0.29) is 17.6 Å². The van der Waals surface area contributed by atoms with Crippen LogP contribution in [0.15, 0.2) is 41.1 Å². The van der Waals surface area contributed by atoms with E-state index in [0.29, 0.717) is 38.0 Å². The summed E-state index contributed by atoms with van der Waals surface area (Å²) in [5.41, 5.74) is 2.51. The number of pyridine rings is 1. The zero-order valence-corrected chi connectivity index (χ0v) is 19.9. The van der Waals surface area contributed by atoms with Crippen LogP contribution in [0.1, 0.15) is 30.4 Å². The Morgan fingerprint density at radius 2 is 2.09 bits per heavy atom. The lowest BCUT2D eigenvalue weighted by Gasteiger charge is -2.26. The highest BCUT2D eigenvalue weighted by atomic mass is 32.1. The van der Waals surface area contributed by atoms with Crippen LogP contribution in [0.25, 0.3) is 10.9 Å². The number of thiophene rings is 1. The molecule has 174 valence electrons. The fraction of sp³-hybridized carbons (Fsp3) is 0.400. The molecule has 2 amide bonds. The van der Waals surface area contributed by atoms with Gasteiger partial charge in [-0.2, -0.15) is 11.3 Å². The lowest BCUT2D eigenvalue weighted by molar-refractivity contribution is -0.131. The second-order valence-corrected chi connectivity index (χ2v) is 9.44. The molecular weight excluding hydrogens is 439 g/mol. The first-order chi connectivity index (χ1) is 15.9. The smallest absolute Gasteiger partial charge is 0.227 e. The molecule has 4 rings (SSSR count). The van der Waals surface area contributed by atoms with Gasteiger partial charge in [-0.15, -0.1) is 0 Å². The predicted molar refractivity (Wildman–Crippen MR) is 130 cm³/mol. The topological polar surface area (TPSA) is 56.8 Å². The van der Waals surface area contributed by atoms with E-state index in [4.69, 9.17) is 0 Å². The van der Waals surface area contributed by atoms with Crippen molar-refractivity contribution in [2.75, 3.05) is 38.6 Å². The molecule has 0 unspecified atom stereocenters. The molecular formula is C25H29FN4O2S. The first-order valence-corrected chi connectivity index (χ1v) is 12.2. The van der Waals surface area contributed by atoms with Crippen molar-refractivity contribution in [3.05, 3.63) is 58.0 Å². The Kier molecular flexibility index (Phi) is 7.23. The number of anilines is 1. The van der Waals surface area contributed by atoms with E-state index < -0.39 is 0 Å². The summed E-state index contributed by atoms with van der Waals surface area (Å²) in [7, 11) is 3.79. The summed E-state index contributed by atoms with van der Waals surface area (Å²) >= 11 is 1.58. The molecule has 2 aromatic heterocycles. The normalized spacial score (nSPS) is 13.7. The Morgan fingerprint density at radius 1 is 1.24 bits per heavy atom. The molecule has 0 radical (unpaired) electrons. The van der Waals surface area contributed by atoms with Gasteiger partial charge in [-0.25, -0.2) is 9.37 Å². The molecule has 1 fully saturated rings. The average molecular weight is 469 g/mol. The largest absolute Gasteiger partial charge is 0.362 e. The van der Waals surface area contributed by atoms with Crippen LogP contribution in [-0.4, -0.2) is 60.3 Å². The van der Waals surface area contributed by atoms with Crippen molar-refractivity contribution in [2.24, 2.45) is 0 Å². The Labute approximate surface area is 197 Å². The number of aromatic nitrogens is 1. The highest BCUT2D eigenvalue weighted by Gasteiger charge is 2.22. The minimum atomic E-state index is -0.323. The van der Waals surface area contributed by atoms with Crippen LogP contribution in [0.2, 0.25) is 0 Å². The number of hydrogen-bond acceptors (Lipinski definition) is 5. The van der Waals surface area contributed by atoms with Gasteiger partial charge in [-0.05, 0) is 53.4 Å². The van der Waals surface area contributed by atoms with Gasteiger partial charge in [0.25, 0.3) is 0 Å². The minimum absolute atomic E-state index is 0.0463. The Hall–Kier alpha value is -3.00. The Balaban J connectivity index is 1.56. The van der Waals surface area contributed by atoms with E-state index in [9.17, 15) is 14.0 Å². The van der Waals surface area contributed by atoms with Gasteiger partial charge < -0.3 is 14.7 Å². The number of amides is 2. The van der Waals surface area contributed by atoms with Crippen LogP contribution < -0.4 is 4.90 Å². The van der Waals surface area contributed by atoms with Crippen molar-refractivity contribution >= 4 is 39.9 Å². The van der Waals surface area contributed by atoms with Crippen LogP contribution in [-0.2, 0) is 22.6 Å². The predicted octanol–water partition coefficient (Wildman–Crippen LogP) is 4.09. The monoisotopic (exact) mass is 468 g/mol. The average Bonchev–Trinajstić information content (AvgIpc) is 3.44. The molecule has 0 N–H and O–H groups in total. The number of fused-ring (bicyclic) bond motifs is 1. The van der Waals surface area contributed by atoms with Crippen LogP contribution in [0.4, 0.5) is 10.2 Å². The molecule has 8 heteroatoms. The number of halogens is 1. The van der Waals surface area contributed by atoms with Crippen LogP contribution in [0.5, 0.6) is 0 Å². The lowest BCUT2D eigenvalue weighted by Crippen LogP contribution is -2.35. The van der Waals surface area contributed by atoms with E-state index in [0.717, 1.165) is 41.7 Å². The van der Waals surface area contributed by atoms with Gasteiger partial charge >= 0.3 is 0 Å². The zero-order valence-electron chi connectivity index (χ0n) is 19.1. The third kappa shape index (κ3) is 5.68. The molecule has 0 saturated carbocycles. The number of carbonyl (C=O) groups excluding carboxylic acids is 2. The van der Waals surface area contributed by atoms with Crippen LogP contribution in [0.3, 0.4) is 0 Å². The van der Waals surface area contributed by atoms with E-state index in [2.05, 4.69) is 4.98 Å². The fourth-order valence-corrected chi connectivity index (χ4v) is 4.92. The molecule has 0 aliphatic carbocycles. The molecule has 33 heavy (non-hydrogen) atoms. The number of rotatable bonds is 9. The molecule has 6 nitrogen and oxygen atoms in total. The van der Waals surface area contributed by atoms with Gasteiger partial charge in [-0.1, -0.05) is 0 Å². The van der Waals surface area contributed by atoms with Gasteiger partial charge in [0, 0.05) is 63.7 Å². The third-order valence-electron chi connectivity index (χ3n) is 5.94. The molecule has 1 aliphatic rings. The van der Waals surface area contributed by atoms with E-state index in [1.54, 1.807) is 17.4 Å². The SMILES string of the molecule is CN(C)c1nc2cc(F)ccc2cc1CN(CCCN1CCCC1=O)C(=O)Cc1ccsc1. The van der Waals surface area contributed by atoms with Crippen molar-refractivity contribution < 1.29 is 14.0 Å². The third-order valence-corrected chi connectivity index (χ3v) is 6.67. The summed E-state index contributed by atoms with van der Waals surface area (Å²) in [6, 6.07) is 8.54. The molecule has 0 bridgehead atoms. The van der Waals surface area contributed by atoms with Gasteiger partial charge in [0.1, 0.15) is 11.6 Å². The summed E-state index contributed by atoms with van der Waals surface area (Å²) < 4.78 is 13.7. The number of carbonyl (C=O) groups is 2. The quantitative estimate of drug-likeness (QED) is 0.475. The first-order valence-electron chi connectivity index (χ1n) is 11.2. The van der Waals surface area contributed by atoms with Crippen molar-refractivity contribution in [2.45, 2.75) is 32.2 Å². The van der Waals surface area contributed by atoms with Crippen LogP contribution >= 0.6 is 11.3 Å². The molecule has 1 aromatic carbocycles. The fourth-order valence-electron chi connectivity index (χ4n) is 4.25. The van der Waals surface area contributed by atoms with Gasteiger partial charge in [0.05, 0.1) is 11.9 Å². The summed E-state index contributed by atoms with van der Waals surface area (Å²) in [6.07, 6.45) is 2.60. The first kappa shape index (κ1) is 23.2. The van der Waals surface area contributed by atoms with Crippen molar-refractivity contribution in [1.29, 1.82) is 0 Å². The number of nitrogens with zero attached hydrogens (tertiary/aromatic N) is 4. The molecule has 1 saturated heterocycles. The second kappa shape index (κ2) is 10.3. The van der Waals surface area contributed by atoms with Gasteiger partial charge in [0.2, 0.25) is 11.8 Å². The summed E-state index contributed by atoms with van der Waals surface area (Å²) in [5.74, 6) is 0.643. The highest BCUT2D eigenvalue weighted by molar-refractivity contribution is 7.08. The second-order valence-electron chi connectivity index (χ2n) is 8.66. The van der Waals surface area contributed by atoms with Gasteiger partial charge in [-0.3, -0.25) is 9.59 Å². The van der Waals surface area contributed by atoms with E-state index in [1.165, 1.54) is 12.1 Å². The molecule has 0 atom stereocenters. The lowest BCUT2D eigenvalue weighted by atomic mass is 10.1. The van der Waals surface area contributed by atoms with Crippen LogP contribution in [0, 0.1) is 5.82 Å². The number of hydrogen-bond donors (Lipinski definition) is 0. The van der Waals surface area contributed by atoms with Crippen molar-refractivity contribution in [3.8, 4) is 0 Å². The maximum atomic E-state index is 13.7. The Morgan fingerprint density at radius 3 is 2.79 bits per heavy atom. The summed E-state index contributed by atoms with van der Waals surface area (Å²) in [4.78, 5) is 35.5. The van der Waals surface area contributed by atoms with E-state index in [1.807, 2.05) is 51.7 Å². The minimum Gasteiger partial charge on any atom is -0.362 e. The standard InChI is InChI=1S/C25H29FN4O2S/c1-28(2)25-20(14-19-6-7-21(26)15-22(19)27-25)16-30(24(32)13-18-8-12-33-17-18)11-4-10-29-9-3-5-23(29)31/h6-8,12,14-15,17H,3-5,9-11,13,16H2,1-2H3. The van der Waals surface area contributed by atoms with Crippen molar-refractivity contribution in [1.82, 2.24) is 14.8 Å². The maximum absolute atomic E-state index is 13.7. The number of likely N-dealkylation sites (tertiary alicyclic amines) is 1.